The second kappa shape index (κ2) is 8.34. The summed E-state index contributed by atoms with van der Waals surface area (Å²) in [6.07, 6.45) is 7.51. The molecule has 0 saturated heterocycles. The van der Waals surface area contributed by atoms with Crippen molar-refractivity contribution in [1.29, 1.82) is 0 Å². The number of benzene rings is 1. The highest BCUT2D eigenvalue weighted by Gasteiger charge is 2.41. The molecule has 3 aromatic heterocycles. The Labute approximate surface area is 188 Å². The molecule has 1 N–H and O–H groups in total. The highest BCUT2D eigenvalue weighted by Crippen LogP contribution is 2.39. The lowest BCUT2D eigenvalue weighted by Gasteiger charge is -2.25. The van der Waals surface area contributed by atoms with Crippen molar-refractivity contribution < 1.29 is 32.8 Å². The number of carbonyl (C=O) groups is 2. The second-order valence-corrected chi connectivity index (χ2v) is 7.68. The van der Waals surface area contributed by atoms with Crippen LogP contribution in [-0.2, 0) is 11.3 Å². The molecular weight excluding hydrogens is 426 g/mol. The summed E-state index contributed by atoms with van der Waals surface area (Å²) in [6.45, 7) is 0.915. The van der Waals surface area contributed by atoms with E-state index >= 15 is 0 Å². The van der Waals surface area contributed by atoms with E-state index in [1.807, 2.05) is 10.8 Å². The number of amides is 1. The Bertz CT molecular complexity index is 1330. The van der Waals surface area contributed by atoms with Gasteiger partial charge in [0, 0.05) is 23.9 Å². The van der Waals surface area contributed by atoms with Gasteiger partial charge in [0.15, 0.2) is 17.1 Å². The van der Waals surface area contributed by atoms with Gasteiger partial charge < -0.3 is 23.6 Å². The number of fused-ring (bicyclic) bond motifs is 1. The van der Waals surface area contributed by atoms with Crippen LogP contribution < -0.4 is 14.4 Å². The molecule has 1 aliphatic heterocycles. The quantitative estimate of drug-likeness (QED) is 0.327. The predicted octanol–water partition coefficient (Wildman–Crippen LogP) is 2.12. The summed E-state index contributed by atoms with van der Waals surface area (Å²) < 4.78 is 18.5. The molecule has 4 heterocycles. The minimum atomic E-state index is -0.918. The number of ether oxygens (including phenoxy) is 1. The lowest BCUT2D eigenvalue weighted by molar-refractivity contribution is -0.695. The summed E-state index contributed by atoms with van der Waals surface area (Å²) >= 11 is 0. The van der Waals surface area contributed by atoms with Gasteiger partial charge in [-0.25, -0.2) is 4.57 Å². The molecule has 1 amide bonds. The Kier molecular flexibility index (Phi) is 5.21. The summed E-state index contributed by atoms with van der Waals surface area (Å²) in [5, 5.41) is 13.7. The first-order valence-corrected chi connectivity index (χ1v) is 10.5. The molecule has 0 saturated carbocycles. The van der Waals surface area contributed by atoms with Crippen LogP contribution in [0.25, 0.3) is 11.0 Å². The number of H-pyrrole nitrogens is 1. The van der Waals surface area contributed by atoms with Gasteiger partial charge in [0.05, 0.1) is 19.9 Å². The van der Waals surface area contributed by atoms with Crippen molar-refractivity contribution >= 4 is 22.7 Å². The normalized spacial score (nSPS) is 16.2. The standard InChI is InChI=1S/C24H21N3O6/c1-31-17-6-2-5-15-13-18(33-23(15)17)21(28)19-20(16-7-3-12-32-16)27(24(30)22(19)29)10-4-9-26-11-8-25-14-26/h2-3,5-8,11-14,20H,4,9-10H2,1H3,(H,28,29). The minimum absolute atomic E-state index is 0.0352. The van der Waals surface area contributed by atoms with E-state index in [0.29, 0.717) is 35.4 Å². The Hall–Kier alpha value is -4.27. The predicted molar refractivity (Wildman–Crippen MR) is 113 cm³/mol. The minimum Gasteiger partial charge on any atom is -0.868 e. The number of nitrogens with one attached hydrogen (secondary N) is 1. The smallest absolute Gasteiger partial charge is 0.241 e. The van der Waals surface area contributed by atoms with Gasteiger partial charge in [-0.2, -0.15) is 0 Å². The molecule has 9 heteroatoms. The van der Waals surface area contributed by atoms with Crippen LogP contribution in [0.1, 0.15) is 28.8 Å². The van der Waals surface area contributed by atoms with Gasteiger partial charge in [-0.1, -0.05) is 12.1 Å². The lowest BCUT2D eigenvalue weighted by Crippen LogP contribution is -2.37. The third-order valence-corrected chi connectivity index (χ3v) is 5.71. The average molecular weight is 447 g/mol. The van der Waals surface area contributed by atoms with Crippen LogP contribution in [0.15, 0.2) is 81.5 Å². The van der Waals surface area contributed by atoms with Crippen molar-refractivity contribution in [3.05, 3.63) is 84.2 Å². The zero-order chi connectivity index (χ0) is 22.9. The Morgan fingerprint density at radius 2 is 2.18 bits per heavy atom. The van der Waals surface area contributed by atoms with Crippen molar-refractivity contribution in [3.63, 3.8) is 0 Å². The molecule has 168 valence electrons. The highest BCUT2D eigenvalue weighted by atomic mass is 16.5. The fourth-order valence-electron chi connectivity index (χ4n) is 4.17. The number of imidazole rings is 1. The molecule has 9 nitrogen and oxygen atoms in total. The molecule has 0 spiro atoms. The van der Waals surface area contributed by atoms with Crippen LogP contribution in [0.3, 0.4) is 0 Å². The summed E-state index contributed by atoms with van der Waals surface area (Å²) in [6, 6.07) is 9.21. The van der Waals surface area contributed by atoms with E-state index in [0.717, 1.165) is 0 Å². The highest BCUT2D eigenvalue weighted by molar-refractivity contribution is 6.15. The zero-order valence-corrected chi connectivity index (χ0v) is 17.8. The molecule has 4 aromatic rings. The third kappa shape index (κ3) is 3.57. The zero-order valence-electron chi connectivity index (χ0n) is 17.8. The van der Waals surface area contributed by atoms with E-state index in [1.54, 1.807) is 48.9 Å². The summed E-state index contributed by atoms with van der Waals surface area (Å²) in [5.74, 6) is -1.43. The first kappa shape index (κ1) is 20.6. The largest absolute Gasteiger partial charge is 0.868 e. The van der Waals surface area contributed by atoms with Gasteiger partial charge in [-0.3, -0.25) is 14.6 Å². The number of nitrogens with zero attached hydrogens (tertiary/aromatic N) is 2. The summed E-state index contributed by atoms with van der Waals surface area (Å²) in [4.78, 5) is 30.7. The van der Waals surface area contributed by atoms with E-state index in [9.17, 15) is 14.7 Å². The molecule has 0 aliphatic carbocycles. The number of carbonyl (C=O) groups excluding carboxylic acids is 2. The van der Waals surface area contributed by atoms with Gasteiger partial charge in [0.1, 0.15) is 24.2 Å². The van der Waals surface area contributed by atoms with Crippen molar-refractivity contribution in [2.24, 2.45) is 0 Å². The number of Topliss-reactive ketones (excluding diaryl/α,β-unsaturated/α-hetero) is 1. The molecule has 0 radical (unpaired) electrons. The third-order valence-electron chi connectivity index (χ3n) is 5.71. The van der Waals surface area contributed by atoms with Crippen molar-refractivity contribution in [1.82, 2.24) is 9.88 Å². The maximum atomic E-state index is 13.5. The SMILES string of the molecule is COc1cccc2cc(C(=O)C3=C([O-])C(=O)N(CCC[n+]4cc[nH]c4)C3c3ccco3)oc12. The van der Waals surface area contributed by atoms with Gasteiger partial charge >= 0.3 is 0 Å². The van der Waals surface area contributed by atoms with Gasteiger partial charge in [-0.05, 0) is 30.0 Å². The van der Waals surface area contributed by atoms with Crippen LogP contribution in [0, 0.1) is 0 Å². The molecular formula is C24H21N3O6. The number of aryl methyl sites for hydroxylation is 1. The second-order valence-electron chi connectivity index (χ2n) is 7.68. The van der Waals surface area contributed by atoms with E-state index < -0.39 is 23.5 Å². The lowest BCUT2D eigenvalue weighted by atomic mass is 9.99. The Morgan fingerprint density at radius 1 is 1.30 bits per heavy atom. The average Bonchev–Trinajstić information content (AvgIpc) is 3.62. The molecule has 1 aromatic carbocycles. The maximum absolute atomic E-state index is 13.5. The van der Waals surface area contributed by atoms with E-state index in [4.69, 9.17) is 13.6 Å². The number of methoxy groups -OCH3 is 1. The number of hydrogen-bond acceptors (Lipinski definition) is 6. The van der Waals surface area contributed by atoms with Gasteiger partial charge in [0.2, 0.25) is 18.0 Å². The molecule has 1 atom stereocenters. The van der Waals surface area contributed by atoms with Crippen molar-refractivity contribution in [2.45, 2.75) is 19.0 Å². The Morgan fingerprint density at radius 3 is 2.91 bits per heavy atom. The number of rotatable bonds is 8. The fourth-order valence-corrected chi connectivity index (χ4v) is 4.17. The van der Waals surface area contributed by atoms with E-state index in [-0.39, 0.29) is 17.9 Å². The first-order valence-electron chi connectivity index (χ1n) is 10.5. The van der Waals surface area contributed by atoms with Crippen molar-refractivity contribution in [3.8, 4) is 5.75 Å². The van der Waals surface area contributed by atoms with Gasteiger partial charge in [-0.15, -0.1) is 0 Å². The number of hydrogen-bond donors (Lipinski definition) is 1. The summed E-state index contributed by atoms with van der Waals surface area (Å²) in [5.41, 5.74) is 0.220. The molecule has 1 unspecified atom stereocenters. The van der Waals surface area contributed by atoms with Crippen LogP contribution in [-0.4, -0.2) is 35.2 Å². The maximum Gasteiger partial charge on any atom is 0.241 e. The number of aromatic nitrogens is 2. The monoisotopic (exact) mass is 447 g/mol. The fraction of sp³-hybridized carbons (Fsp3) is 0.208. The molecule has 5 rings (SSSR count). The van der Waals surface area contributed by atoms with E-state index in [2.05, 4.69) is 4.98 Å². The van der Waals surface area contributed by atoms with Gasteiger partial charge in [0.25, 0.3) is 0 Å². The Balaban J connectivity index is 1.48. The summed E-state index contributed by atoms with van der Waals surface area (Å²) in [7, 11) is 1.50. The molecule has 33 heavy (non-hydrogen) atoms. The molecule has 1 aliphatic rings. The number of para-hydroxylation sites is 1. The van der Waals surface area contributed by atoms with Crippen LogP contribution in [0.4, 0.5) is 0 Å². The number of ketones is 1. The van der Waals surface area contributed by atoms with Crippen molar-refractivity contribution in [2.75, 3.05) is 13.7 Å². The number of furan rings is 2. The molecule has 0 fully saturated rings. The van der Waals surface area contributed by atoms with Crippen LogP contribution in [0.2, 0.25) is 0 Å². The first-order chi connectivity index (χ1) is 16.1. The number of aromatic amines is 1. The molecule has 0 bridgehead atoms. The topological polar surface area (TPSA) is 116 Å². The van der Waals surface area contributed by atoms with Crippen LogP contribution >= 0.6 is 0 Å². The van der Waals surface area contributed by atoms with E-state index in [1.165, 1.54) is 18.3 Å². The van der Waals surface area contributed by atoms with Crippen LogP contribution in [0.5, 0.6) is 5.75 Å².